The highest BCUT2D eigenvalue weighted by molar-refractivity contribution is 5.17. The van der Waals surface area contributed by atoms with Crippen LogP contribution in [0.2, 0.25) is 0 Å². The molecule has 1 aliphatic rings. The maximum Gasteiger partial charge on any atom is 0.0712 e. The fourth-order valence-electron chi connectivity index (χ4n) is 2.66. The Morgan fingerprint density at radius 1 is 1.17 bits per heavy atom. The zero-order valence-corrected chi connectivity index (χ0v) is 10.7. The minimum atomic E-state index is -0.481. The molecule has 18 heavy (non-hydrogen) atoms. The summed E-state index contributed by atoms with van der Waals surface area (Å²) in [6.45, 7) is 5.46. The average molecular weight is 249 g/mol. The van der Waals surface area contributed by atoms with Gasteiger partial charge in [-0.2, -0.15) is 0 Å². The number of likely N-dealkylation sites (tertiary alicyclic amines) is 1. The molecule has 1 heterocycles. The van der Waals surface area contributed by atoms with Gasteiger partial charge in [0.25, 0.3) is 0 Å². The number of nitrogens with zero attached hydrogens (tertiary/aromatic N) is 1. The molecular weight excluding hydrogens is 222 g/mol. The van der Waals surface area contributed by atoms with Gasteiger partial charge >= 0.3 is 0 Å². The molecule has 1 fully saturated rings. The largest absolute Gasteiger partial charge is 0.389 e. The molecule has 1 N–H and O–H groups in total. The van der Waals surface area contributed by atoms with Crippen molar-refractivity contribution in [3.63, 3.8) is 0 Å². The summed E-state index contributed by atoms with van der Waals surface area (Å²) < 4.78 is 0. The summed E-state index contributed by atoms with van der Waals surface area (Å²) in [6, 6.07) is 10.3. The summed E-state index contributed by atoms with van der Waals surface area (Å²) in [4.78, 5) is 2.46. The molecule has 1 aromatic carbocycles. The van der Waals surface area contributed by atoms with Crippen LogP contribution in [0.3, 0.4) is 0 Å². The second-order valence-corrected chi connectivity index (χ2v) is 5.23. The van der Waals surface area contributed by atoms with E-state index in [0.29, 0.717) is 0 Å². The molecule has 1 saturated heterocycles. The van der Waals surface area contributed by atoms with Crippen LogP contribution in [0.15, 0.2) is 30.3 Å². The molecular formula is C16H27NO. The van der Waals surface area contributed by atoms with E-state index < -0.39 is 5.60 Å². The van der Waals surface area contributed by atoms with Gasteiger partial charge in [0.15, 0.2) is 0 Å². The highest BCUT2D eigenvalue weighted by Crippen LogP contribution is 2.26. The van der Waals surface area contributed by atoms with E-state index in [2.05, 4.69) is 24.0 Å². The Kier molecular flexibility index (Phi) is 5.83. The summed E-state index contributed by atoms with van der Waals surface area (Å²) in [6.07, 6.45) is 3.81. The Labute approximate surface area is 112 Å². The predicted molar refractivity (Wildman–Crippen MR) is 77.8 cm³/mol. The van der Waals surface area contributed by atoms with E-state index in [1.807, 2.05) is 18.2 Å². The highest BCUT2D eigenvalue weighted by atomic mass is 16.3. The SMILES string of the molecule is C.CCCN1CCC(O)(Cc2ccccc2)CC1. The molecule has 0 spiro atoms. The number of aliphatic hydroxyl groups is 1. The van der Waals surface area contributed by atoms with Crippen LogP contribution in [-0.4, -0.2) is 35.2 Å². The lowest BCUT2D eigenvalue weighted by atomic mass is 9.85. The molecule has 0 aliphatic carbocycles. The molecule has 2 nitrogen and oxygen atoms in total. The Balaban J connectivity index is 0.00000162. The van der Waals surface area contributed by atoms with Crippen molar-refractivity contribution in [1.29, 1.82) is 0 Å². The number of benzene rings is 1. The summed E-state index contributed by atoms with van der Waals surface area (Å²) in [5, 5.41) is 10.6. The smallest absolute Gasteiger partial charge is 0.0712 e. The van der Waals surface area contributed by atoms with Crippen LogP contribution in [0.4, 0.5) is 0 Å². The zero-order valence-electron chi connectivity index (χ0n) is 10.7. The minimum Gasteiger partial charge on any atom is -0.389 e. The Morgan fingerprint density at radius 3 is 2.33 bits per heavy atom. The van der Waals surface area contributed by atoms with Gasteiger partial charge in [0.1, 0.15) is 0 Å². The van der Waals surface area contributed by atoms with Crippen molar-refractivity contribution in [1.82, 2.24) is 4.90 Å². The van der Waals surface area contributed by atoms with E-state index in [9.17, 15) is 5.11 Å². The summed E-state index contributed by atoms with van der Waals surface area (Å²) >= 11 is 0. The van der Waals surface area contributed by atoms with E-state index >= 15 is 0 Å². The van der Waals surface area contributed by atoms with E-state index in [0.717, 1.165) is 32.4 Å². The van der Waals surface area contributed by atoms with Crippen LogP contribution in [-0.2, 0) is 6.42 Å². The number of rotatable bonds is 4. The predicted octanol–water partition coefficient (Wildman–Crippen LogP) is 3.10. The van der Waals surface area contributed by atoms with Crippen LogP contribution >= 0.6 is 0 Å². The first kappa shape index (κ1) is 15.2. The van der Waals surface area contributed by atoms with E-state index in [4.69, 9.17) is 0 Å². The first-order valence-corrected chi connectivity index (χ1v) is 6.70. The lowest BCUT2D eigenvalue weighted by Crippen LogP contribution is -2.45. The monoisotopic (exact) mass is 249 g/mol. The van der Waals surface area contributed by atoms with Crippen molar-refractivity contribution in [2.75, 3.05) is 19.6 Å². The highest BCUT2D eigenvalue weighted by Gasteiger charge is 2.31. The van der Waals surface area contributed by atoms with Gasteiger partial charge in [-0.3, -0.25) is 0 Å². The maximum atomic E-state index is 10.6. The Hall–Kier alpha value is -0.860. The van der Waals surface area contributed by atoms with Crippen molar-refractivity contribution in [3.05, 3.63) is 35.9 Å². The van der Waals surface area contributed by atoms with Gasteiger partial charge < -0.3 is 10.0 Å². The molecule has 2 heteroatoms. The van der Waals surface area contributed by atoms with E-state index in [1.165, 1.54) is 18.5 Å². The summed E-state index contributed by atoms with van der Waals surface area (Å²) in [5.74, 6) is 0. The molecule has 2 rings (SSSR count). The Morgan fingerprint density at radius 2 is 1.78 bits per heavy atom. The third kappa shape index (κ3) is 4.11. The molecule has 0 saturated carbocycles. The molecule has 0 atom stereocenters. The fourth-order valence-corrected chi connectivity index (χ4v) is 2.66. The van der Waals surface area contributed by atoms with Crippen molar-refractivity contribution < 1.29 is 5.11 Å². The minimum absolute atomic E-state index is 0. The van der Waals surface area contributed by atoms with Gasteiger partial charge in [0.05, 0.1) is 5.60 Å². The van der Waals surface area contributed by atoms with E-state index in [-0.39, 0.29) is 7.43 Å². The van der Waals surface area contributed by atoms with E-state index in [1.54, 1.807) is 0 Å². The molecule has 1 aromatic rings. The van der Waals surface area contributed by atoms with Gasteiger partial charge in [0.2, 0.25) is 0 Å². The zero-order chi connectivity index (χ0) is 12.1. The van der Waals surface area contributed by atoms with Crippen molar-refractivity contribution in [2.45, 2.75) is 45.6 Å². The van der Waals surface area contributed by atoms with Crippen LogP contribution < -0.4 is 0 Å². The van der Waals surface area contributed by atoms with Crippen LogP contribution in [0, 0.1) is 0 Å². The molecule has 0 unspecified atom stereocenters. The molecule has 0 bridgehead atoms. The molecule has 102 valence electrons. The second kappa shape index (κ2) is 6.91. The second-order valence-electron chi connectivity index (χ2n) is 5.23. The van der Waals surface area contributed by atoms with Gasteiger partial charge in [-0.25, -0.2) is 0 Å². The summed E-state index contributed by atoms with van der Waals surface area (Å²) in [7, 11) is 0. The topological polar surface area (TPSA) is 23.5 Å². The molecule has 1 aliphatic heterocycles. The molecule has 0 amide bonds. The Bertz CT molecular complexity index is 328. The number of hydrogen-bond donors (Lipinski definition) is 1. The van der Waals surface area contributed by atoms with Crippen molar-refractivity contribution >= 4 is 0 Å². The molecule has 0 aromatic heterocycles. The quantitative estimate of drug-likeness (QED) is 0.886. The number of hydrogen-bond acceptors (Lipinski definition) is 2. The fraction of sp³-hybridized carbons (Fsp3) is 0.625. The third-order valence-corrected chi connectivity index (χ3v) is 3.70. The first-order chi connectivity index (χ1) is 8.22. The lowest BCUT2D eigenvalue weighted by molar-refractivity contribution is -0.0205. The van der Waals surface area contributed by atoms with Gasteiger partial charge in [-0.1, -0.05) is 44.7 Å². The van der Waals surface area contributed by atoms with Gasteiger partial charge in [0, 0.05) is 19.5 Å². The van der Waals surface area contributed by atoms with Crippen LogP contribution in [0.5, 0.6) is 0 Å². The number of piperidine rings is 1. The van der Waals surface area contributed by atoms with Crippen LogP contribution in [0.25, 0.3) is 0 Å². The lowest BCUT2D eigenvalue weighted by Gasteiger charge is -2.38. The molecule has 0 radical (unpaired) electrons. The average Bonchev–Trinajstić information content (AvgIpc) is 2.34. The van der Waals surface area contributed by atoms with Crippen LogP contribution in [0.1, 0.15) is 39.2 Å². The van der Waals surface area contributed by atoms with Crippen molar-refractivity contribution in [3.8, 4) is 0 Å². The summed E-state index contributed by atoms with van der Waals surface area (Å²) in [5.41, 5.74) is 0.768. The van der Waals surface area contributed by atoms with Crippen molar-refractivity contribution in [2.24, 2.45) is 0 Å². The normalized spacial score (nSPS) is 19.2. The standard InChI is InChI=1S/C15H23NO.CH4/c1-2-10-16-11-8-15(17,9-12-16)13-14-6-4-3-5-7-14;/h3-7,17H,2,8-13H2,1H3;1H4. The van der Waals surface area contributed by atoms with Gasteiger partial charge in [-0.15, -0.1) is 0 Å². The maximum absolute atomic E-state index is 10.6. The van der Waals surface area contributed by atoms with Gasteiger partial charge in [-0.05, 0) is 31.4 Å². The third-order valence-electron chi connectivity index (χ3n) is 3.70. The first-order valence-electron chi connectivity index (χ1n) is 6.70.